The van der Waals surface area contributed by atoms with Crippen molar-refractivity contribution >= 4 is 45.6 Å². The van der Waals surface area contributed by atoms with E-state index in [1.165, 1.54) is 16.0 Å². The molecule has 7 heterocycles. The van der Waals surface area contributed by atoms with Crippen molar-refractivity contribution in [3.05, 3.63) is 34.9 Å². The van der Waals surface area contributed by atoms with Crippen LogP contribution in [-0.4, -0.2) is 147 Å². The number of pyridine rings is 1. The number of hydrogen-bond acceptors (Lipinski definition) is 13. The SMILES string of the molecule is CN(C(=O)OCCCc1c(Cl)cc2c(cnn2C2CCCCO2)c1-c1ncc2c(OC(C)(C)C)nc(OC[C@@]34CCCN3C[C@H](F)C4)nc2c1F)[C@@H]1COCCN(C(=O)OC(C)(C)C)C1. The minimum absolute atomic E-state index is 0.00659. The Bertz CT molecular complexity index is 2390. The third-order valence-corrected chi connectivity index (χ3v) is 12.8. The fourth-order valence-corrected chi connectivity index (χ4v) is 9.59. The monoisotopic (exact) mass is 926 g/mol. The molecule has 0 radical (unpaired) electrons. The Kier molecular flexibility index (Phi) is 13.6. The largest absolute Gasteiger partial charge is 0.471 e. The molecule has 19 heteroatoms. The predicted molar refractivity (Wildman–Crippen MR) is 239 cm³/mol. The lowest BCUT2D eigenvalue weighted by Crippen LogP contribution is -2.48. The van der Waals surface area contributed by atoms with Gasteiger partial charge in [-0.05, 0) is 105 Å². The van der Waals surface area contributed by atoms with Crippen molar-refractivity contribution in [1.82, 2.24) is 39.4 Å². The number of alkyl halides is 1. The van der Waals surface area contributed by atoms with Crippen molar-refractivity contribution in [3.63, 3.8) is 0 Å². The Morgan fingerprint density at radius 3 is 2.60 bits per heavy atom. The number of ether oxygens (including phenoxy) is 6. The van der Waals surface area contributed by atoms with E-state index in [-0.39, 0.29) is 67.5 Å². The van der Waals surface area contributed by atoms with E-state index in [0.717, 1.165) is 38.6 Å². The van der Waals surface area contributed by atoms with E-state index in [1.54, 1.807) is 38.7 Å². The highest BCUT2D eigenvalue weighted by Gasteiger charge is 2.49. The minimum atomic E-state index is -0.951. The van der Waals surface area contributed by atoms with Gasteiger partial charge in [0.1, 0.15) is 35.2 Å². The third-order valence-electron chi connectivity index (χ3n) is 12.4. The molecule has 4 aromatic rings. The number of amides is 2. The molecular formula is C46H61ClF2N8O8. The van der Waals surface area contributed by atoms with E-state index in [2.05, 4.69) is 14.9 Å². The number of rotatable bonds is 11. The molecule has 0 aliphatic carbocycles. The number of hydrogen-bond donors (Lipinski definition) is 0. The van der Waals surface area contributed by atoms with Crippen LogP contribution in [0.4, 0.5) is 18.4 Å². The van der Waals surface area contributed by atoms with Crippen LogP contribution in [0.1, 0.15) is 98.3 Å². The Hall–Kier alpha value is -4.65. The van der Waals surface area contributed by atoms with Gasteiger partial charge in [-0.3, -0.25) is 9.88 Å². The quantitative estimate of drug-likeness (QED) is 0.133. The summed E-state index contributed by atoms with van der Waals surface area (Å²) in [6.07, 6.45) is 6.13. The van der Waals surface area contributed by atoms with Crippen LogP contribution in [0.5, 0.6) is 11.9 Å². The van der Waals surface area contributed by atoms with E-state index < -0.39 is 47.0 Å². The number of carbonyl (C=O) groups is 2. The number of halogens is 3. The van der Waals surface area contributed by atoms with Gasteiger partial charge in [0.25, 0.3) is 0 Å². The summed E-state index contributed by atoms with van der Waals surface area (Å²) >= 11 is 7.16. The van der Waals surface area contributed by atoms with Crippen LogP contribution in [0, 0.1) is 5.82 Å². The molecule has 2 amide bonds. The highest BCUT2D eigenvalue weighted by molar-refractivity contribution is 6.33. The molecular weight excluding hydrogens is 866 g/mol. The summed E-state index contributed by atoms with van der Waals surface area (Å²) in [6.45, 7) is 13.9. The first-order valence-corrected chi connectivity index (χ1v) is 23.1. The fraction of sp³-hybridized carbons (Fsp3) is 0.652. The topological polar surface area (TPSA) is 156 Å². The molecule has 0 bridgehead atoms. The second-order valence-electron chi connectivity index (χ2n) is 19.6. The van der Waals surface area contributed by atoms with E-state index in [0.29, 0.717) is 66.2 Å². The summed E-state index contributed by atoms with van der Waals surface area (Å²) in [5.74, 6) is -0.645. The minimum Gasteiger partial charge on any atom is -0.471 e. The maximum Gasteiger partial charge on any atom is 0.410 e. The zero-order valence-corrected chi connectivity index (χ0v) is 39.2. The maximum atomic E-state index is 17.6. The molecule has 4 atom stereocenters. The van der Waals surface area contributed by atoms with Gasteiger partial charge in [-0.15, -0.1) is 0 Å². The predicted octanol–water partition coefficient (Wildman–Crippen LogP) is 8.30. The summed E-state index contributed by atoms with van der Waals surface area (Å²) in [6, 6.07) is 1.25. The standard InChI is InChI=1S/C46H61ClF2N8O8/c1-44(2,3)64-40-32-22-50-39(37(49)38(32)52-41(53-40)63-27-46-14-11-15-56(46)24-28(48)21-46)36-30(33(47)20-34-31(36)23-51-57(34)35-13-8-9-17-61-35)12-10-18-62-42(58)54(7)29-25-55(16-19-60-26-29)43(59)65-45(4,5)6/h20,22-23,28-29,35H,8-19,21,24-27H2,1-7H3/t28-,29+,35?,46+/m1/s1. The number of carbonyl (C=O) groups excluding carboxylic acids is 2. The number of likely N-dealkylation sites (N-methyl/N-ethyl adjacent to an activating group) is 1. The van der Waals surface area contributed by atoms with Crippen LogP contribution >= 0.6 is 11.6 Å². The van der Waals surface area contributed by atoms with Gasteiger partial charge < -0.3 is 38.2 Å². The van der Waals surface area contributed by atoms with E-state index in [1.807, 2.05) is 26.8 Å². The first-order chi connectivity index (χ1) is 30.9. The second-order valence-corrected chi connectivity index (χ2v) is 20.0. The van der Waals surface area contributed by atoms with Gasteiger partial charge in [0.15, 0.2) is 12.0 Å². The van der Waals surface area contributed by atoms with Gasteiger partial charge in [0, 0.05) is 61.9 Å². The molecule has 354 valence electrons. The molecule has 1 unspecified atom stereocenters. The summed E-state index contributed by atoms with van der Waals surface area (Å²) < 4.78 is 69.7. The first-order valence-electron chi connectivity index (χ1n) is 22.7. The van der Waals surface area contributed by atoms with Crippen molar-refractivity contribution in [2.45, 2.75) is 128 Å². The van der Waals surface area contributed by atoms with Crippen LogP contribution in [0.25, 0.3) is 33.1 Å². The molecule has 4 saturated heterocycles. The van der Waals surface area contributed by atoms with E-state index >= 15 is 4.39 Å². The lowest BCUT2D eigenvalue weighted by molar-refractivity contribution is -0.0366. The lowest BCUT2D eigenvalue weighted by Gasteiger charge is -2.31. The average Bonchev–Trinajstić information content (AvgIpc) is 3.86. The third kappa shape index (κ3) is 10.3. The zero-order valence-electron chi connectivity index (χ0n) is 38.5. The molecule has 4 aliphatic rings. The second kappa shape index (κ2) is 18.9. The molecule has 0 saturated carbocycles. The molecule has 0 N–H and O–H groups in total. The van der Waals surface area contributed by atoms with Crippen molar-refractivity contribution in [1.29, 1.82) is 0 Å². The van der Waals surface area contributed by atoms with Crippen molar-refractivity contribution in [2.24, 2.45) is 0 Å². The molecule has 4 aliphatic heterocycles. The Morgan fingerprint density at radius 2 is 1.85 bits per heavy atom. The molecule has 3 aromatic heterocycles. The van der Waals surface area contributed by atoms with Gasteiger partial charge in [-0.25, -0.2) is 23.1 Å². The maximum absolute atomic E-state index is 17.6. The van der Waals surface area contributed by atoms with Crippen molar-refractivity contribution in [2.75, 3.05) is 66.3 Å². The molecule has 4 fully saturated rings. The van der Waals surface area contributed by atoms with Crippen molar-refractivity contribution < 1.29 is 46.8 Å². The van der Waals surface area contributed by atoms with Gasteiger partial charge in [-0.2, -0.15) is 15.1 Å². The van der Waals surface area contributed by atoms with Crippen molar-refractivity contribution in [3.8, 4) is 23.1 Å². The van der Waals surface area contributed by atoms with Gasteiger partial charge in [0.2, 0.25) is 5.88 Å². The highest BCUT2D eigenvalue weighted by Crippen LogP contribution is 2.43. The lowest BCUT2D eigenvalue weighted by atomic mass is 9.95. The highest BCUT2D eigenvalue weighted by atomic mass is 35.5. The number of benzene rings is 1. The summed E-state index contributed by atoms with van der Waals surface area (Å²) in [7, 11) is 1.61. The van der Waals surface area contributed by atoms with Gasteiger partial charge in [0.05, 0.1) is 48.5 Å². The summed E-state index contributed by atoms with van der Waals surface area (Å²) in [4.78, 5) is 45.3. The Balaban J connectivity index is 1.09. The van der Waals surface area contributed by atoms with Gasteiger partial charge in [-0.1, -0.05) is 11.6 Å². The van der Waals surface area contributed by atoms with Crippen LogP contribution in [-0.2, 0) is 25.4 Å². The van der Waals surface area contributed by atoms with Crippen LogP contribution in [0.2, 0.25) is 5.02 Å². The van der Waals surface area contributed by atoms with Crippen LogP contribution in [0.15, 0.2) is 18.5 Å². The summed E-state index contributed by atoms with van der Waals surface area (Å²) in [5.41, 5.74) is -0.333. The van der Waals surface area contributed by atoms with Gasteiger partial charge >= 0.3 is 18.2 Å². The first kappa shape index (κ1) is 46.9. The number of nitrogens with zero attached hydrogens (tertiary/aromatic N) is 8. The molecule has 0 spiro atoms. The average molecular weight is 927 g/mol. The number of fused-ring (bicyclic) bond motifs is 3. The van der Waals surface area contributed by atoms with Crippen LogP contribution in [0.3, 0.4) is 0 Å². The Morgan fingerprint density at radius 1 is 1.03 bits per heavy atom. The molecule has 16 nitrogen and oxygen atoms in total. The zero-order chi connectivity index (χ0) is 46.3. The Labute approximate surface area is 383 Å². The fourth-order valence-electron chi connectivity index (χ4n) is 9.30. The summed E-state index contributed by atoms with van der Waals surface area (Å²) in [5, 5.41) is 5.92. The molecule has 8 rings (SSSR count). The smallest absolute Gasteiger partial charge is 0.410 e. The molecule has 1 aromatic carbocycles. The number of aromatic nitrogens is 5. The molecule has 65 heavy (non-hydrogen) atoms. The van der Waals surface area contributed by atoms with E-state index in [4.69, 9.17) is 50.1 Å². The van der Waals surface area contributed by atoms with E-state index in [9.17, 15) is 14.0 Å². The van der Waals surface area contributed by atoms with Crippen LogP contribution < -0.4 is 9.47 Å². The normalized spacial score (nSPS) is 23.1.